The van der Waals surface area contributed by atoms with Crippen LogP contribution in [0.15, 0.2) is 65.6 Å². The van der Waals surface area contributed by atoms with Crippen LogP contribution < -0.4 is 24.2 Å². The van der Waals surface area contributed by atoms with Crippen LogP contribution in [0.3, 0.4) is 0 Å². The summed E-state index contributed by atoms with van der Waals surface area (Å²) in [7, 11) is -2.62. The molecular weight excluding hydrogens is 451 g/mol. The van der Waals surface area contributed by atoms with Gasteiger partial charge in [0.2, 0.25) is 0 Å². The number of carbonyl (C=O) groups is 1. The molecule has 172 valence electrons. The summed E-state index contributed by atoms with van der Waals surface area (Å²) in [4.78, 5) is 12.7. The van der Waals surface area contributed by atoms with Crippen LogP contribution in [-0.4, -0.2) is 34.6 Å². The minimum Gasteiger partial charge on any atom is -0.495 e. The van der Waals surface area contributed by atoms with Crippen LogP contribution in [0, 0.1) is 5.82 Å². The predicted molar refractivity (Wildman–Crippen MR) is 120 cm³/mol. The fraction of sp³-hybridized carbons (Fsp3) is 0.174. The number of fused-ring (bicyclic) bond motifs is 1. The highest BCUT2D eigenvalue weighted by Crippen LogP contribution is 2.32. The Hall–Kier alpha value is -3.79. The first-order valence-electron chi connectivity index (χ1n) is 10.0. The summed E-state index contributed by atoms with van der Waals surface area (Å²) < 4.78 is 57.4. The number of benzene rings is 3. The van der Waals surface area contributed by atoms with Gasteiger partial charge in [-0.25, -0.2) is 12.8 Å². The average molecular weight is 472 g/mol. The molecule has 0 bridgehead atoms. The predicted octanol–water partition coefficient (Wildman–Crippen LogP) is 4.05. The number of halogens is 1. The zero-order valence-electron chi connectivity index (χ0n) is 17.6. The van der Waals surface area contributed by atoms with Gasteiger partial charge in [-0.05, 0) is 60.7 Å². The van der Waals surface area contributed by atoms with E-state index in [4.69, 9.17) is 14.2 Å². The van der Waals surface area contributed by atoms with Crippen molar-refractivity contribution in [1.82, 2.24) is 0 Å². The van der Waals surface area contributed by atoms with Crippen molar-refractivity contribution in [3.05, 3.63) is 72.0 Å². The van der Waals surface area contributed by atoms with Gasteiger partial charge in [0.15, 0.2) is 11.5 Å². The zero-order chi connectivity index (χ0) is 23.4. The van der Waals surface area contributed by atoms with Crippen molar-refractivity contribution < 1.29 is 31.8 Å². The monoisotopic (exact) mass is 472 g/mol. The maximum atomic E-state index is 13.2. The highest BCUT2D eigenvalue weighted by atomic mass is 32.2. The van der Waals surface area contributed by atoms with E-state index >= 15 is 0 Å². The van der Waals surface area contributed by atoms with Crippen molar-refractivity contribution in [3.8, 4) is 17.2 Å². The lowest BCUT2D eigenvalue weighted by Crippen LogP contribution is -2.15. The molecular formula is C23H21FN2O6S. The molecule has 0 fully saturated rings. The molecule has 1 amide bonds. The summed E-state index contributed by atoms with van der Waals surface area (Å²) >= 11 is 0. The van der Waals surface area contributed by atoms with Gasteiger partial charge in [0.05, 0.1) is 30.9 Å². The van der Waals surface area contributed by atoms with E-state index in [1.165, 1.54) is 19.2 Å². The Bertz CT molecular complexity index is 1280. The lowest BCUT2D eigenvalue weighted by Gasteiger charge is -2.14. The standard InChI is InChI=1S/C23H21FN2O6S/c1-30-20-10-6-17(14-19(20)26-33(28,29)18-7-4-16(24)5-8-18)25-23(27)15-3-9-21-22(13-15)32-12-2-11-31-21/h3-10,13-14,26H,2,11-12H2,1H3,(H,25,27). The molecule has 0 saturated heterocycles. The van der Waals surface area contributed by atoms with Gasteiger partial charge in [0.25, 0.3) is 15.9 Å². The third-order valence-corrected chi connectivity index (χ3v) is 6.22. The Labute approximate surface area is 190 Å². The number of hydrogen-bond acceptors (Lipinski definition) is 6. The number of sulfonamides is 1. The number of hydrogen-bond donors (Lipinski definition) is 2. The minimum absolute atomic E-state index is 0.110. The first kappa shape index (κ1) is 22.4. The van der Waals surface area contributed by atoms with Gasteiger partial charge >= 0.3 is 0 Å². The maximum absolute atomic E-state index is 13.2. The van der Waals surface area contributed by atoms with Crippen molar-refractivity contribution in [2.24, 2.45) is 0 Å². The average Bonchev–Trinajstić information content (AvgIpc) is 3.04. The molecule has 33 heavy (non-hydrogen) atoms. The van der Waals surface area contributed by atoms with Gasteiger partial charge in [-0.2, -0.15) is 0 Å². The molecule has 0 aromatic heterocycles. The van der Waals surface area contributed by atoms with Crippen LogP contribution >= 0.6 is 0 Å². The molecule has 0 unspecified atom stereocenters. The van der Waals surface area contributed by atoms with Crippen LogP contribution in [0.2, 0.25) is 0 Å². The molecule has 0 spiro atoms. The second-order valence-corrected chi connectivity index (χ2v) is 8.82. The van der Waals surface area contributed by atoms with Gasteiger partial charge in [-0.1, -0.05) is 0 Å². The normalized spacial score (nSPS) is 13.0. The molecule has 4 rings (SSSR count). The topological polar surface area (TPSA) is 103 Å². The number of carbonyl (C=O) groups excluding carboxylic acids is 1. The Kier molecular flexibility index (Phi) is 6.36. The fourth-order valence-corrected chi connectivity index (χ4v) is 4.25. The number of methoxy groups -OCH3 is 1. The largest absolute Gasteiger partial charge is 0.495 e. The second kappa shape index (κ2) is 9.37. The summed E-state index contributed by atoms with van der Waals surface area (Å²) in [5, 5.41) is 2.73. The maximum Gasteiger partial charge on any atom is 0.262 e. The molecule has 1 aliphatic heterocycles. The van der Waals surface area contributed by atoms with E-state index in [2.05, 4.69) is 10.0 Å². The Morgan fingerprint density at radius 3 is 2.42 bits per heavy atom. The Balaban J connectivity index is 1.56. The van der Waals surface area contributed by atoms with Crippen molar-refractivity contribution in [2.75, 3.05) is 30.4 Å². The van der Waals surface area contributed by atoms with Crippen LogP contribution in [0.25, 0.3) is 0 Å². The first-order valence-corrected chi connectivity index (χ1v) is 11.5. The third kappa shape index (κ3) is 5.17. The third-order valence-electron chi connectivity index (χ3n) is 4.84. The van der Waals surface area contributed by atoms with Crippen molar-refractivity contribution in [1.29, 1.82) is 0 Å². The SMILES string of the molecule is COc1ccc(NC(=O)c2ccc3c(c2)OCCCO3)cc1NS(=O)(=O)c1ccc(F)cc1. The summed E-state index contributed by atoms with van der Waals surface area (Å²) in [6, 6.07) is 13.8. The molecule has 3 aromatic rings. The number of rotatable bonds is 6. The summed E-state index contributed by atoms with van der Waals surface area (Å²) in [6.07, 6.45) is 0.749. The smallest absolute Gasteiger partial charge is 0.262 e. The fourth-order valence-electron chi connectivity index (χ4n) is 3.19. The molecule has 3 aromatic carbocycles. The number of amides is 1. The molecule has 0 saturated carbocycles. The van der Waals surface area contributed by atoms with Crippen LogP contribution in [-0.2, 0) is 10.0 Å². The van der Waals surface area contributed by atoms with Gasteiger partial charge in [-0.3, -0.25) is 9.52 Å². The van der Waals surface area contributed by atoms with E-state index in [9.17, 15) is 17.6 Å². The van der Waals surface area contributed by atoms with Crippen LogP contribution in [0.1, 0.15) is 16.8 Å². The van der Waals surface area contributed by atoms with E-state index < -0.39 is 21.7 Å². The number of nitrogens with one attached hydrogen (secondary N) is 2. The minimum atomic E-state index is -4.01. The number of ether oxygens (including phenoxy) is 3. The molecule has 1 heterocycles. The molecule has 0 radical (unpaired) electrons. The second-order valence-electron chi connectivity index (χ2n) is 7.14. The molecule has 1 aliphatic rings. The van der Waals surface area contributed by atoms with E-state index in [0.29, 0.717) is 36.0 Å². The Morgan fingerprint density at radius 2 is 1.70 bits per heavy atom. The zero-order valence-corrected chi connectivity index (χ0v) is 18.4. The van der Waals surface area contributed by atoms with Crippen molar-refractivity contribution >= 4 is 27.3 Å². The van der Waals surface area contributed by atoms with Crippen molar-refractivity contribution in [2.45, 2.75) is 11.3 Å². The Morgan fingerprint density at radius 1 is 0.970 bits per heavy atom. The van der Waals surface area contributed by atoms with Gasteiger partial charge < -0.3 is 19.5 Å². The molecule has 0 atom stereocenters. The molecule has 2 N–H and O–H groups in total. The first-order chi connectivity index (χ1) is 15.9. The summed E-state index contributed by atoms with van der Waals surface area (Å²) in [5.74, 6) is 0.344. The lowest BCUT2D eigenvalue weighted by atomic mass is 10.1. The van der Waals surface area contributed by atoms with E-state index in [1.807, 2.05) is 0 Å². The van der Waals surface area contributed by atoms with E-state index in [0.717, 1.165) is 30.7 Å². The van der Waals surface area contributed by atoms with E-state index in [-0.39, 0.29) is 16.3 Å². The van der Waals surface area contributed by atoms with Gasteiger partial charge in [-0.15, -0.1) is 0 Å². The molecule has 8 nitrogen and oxygen atoms in total. The number of anilines is 2. The van der Waals surface area contributed by atoms with Gasteiger partial charge in [0, 0.05) is 17.7 Å². The highest BCUT2D eigenvalue weighted by Gasteiger charge is 2.19. The summed E-state index contributed by atoms with van der Waals surface area (Å²) in [6.45, 7) is 1.04. The van der Waals surface area contributed by atoms with E-state index in [1.54, 1.807) is 24.3 Å². The van der Waals surface area contributed by atoms with Crippen LogP contribution in [0.5, 0.6) is 17.2 Å². The molecule has 10 heteroatoms. The lowest BCUT2D eigenvalue weighted by molar-refractivity contribution is 0.102. The quantitative estimate of drug-likeness (QED) is 0.561. The highest BCUT2D eigenvalue weighted by molar-refractivity contribution is 7.92. The van der Waals surface area contributed by atoms with Crippen LogP contribution in [0.4, 0.5) is 15.8 Å². The molecule has 0 aliphatic carbocycles. The summed E-state index contributed by atoms with van der Waals surface area (Å²) in [5.41, 5.74) is 0.798. The van der Waals surface area contributed by atoms with Gasteiger partial charge in [0.1, 0.15) is 11.6 Å². The van der Waals surface area contributed by atoms with Crippen molar-refractivity contribution in [3.63, 3.8) is 0 Å².